The number of primary amides is 1. The minimum atomic E-state index is -0.563. The first kappa shape index (κ1) is 12.6. The van der Waals surface area contributed by atoms with Crippen LogP contribution in [0.3, 0.4) is 0 Å². The number of nitrogens with two attached hydrogens (primary N) is 1. The van der Waals surface area contributed by atoms with Crippen molar-refractivity contribution in [2.24, 2.45) is 5.73 Å². The smallest absolute Gasteiger partial charge is 0.252 e. The van der Waals surface area contributed by atoms with Gasteiger partial charge < -0.3 is 10.8 Å². The maximum Gasteiger partial charge on any atom is 0.252 e. The first-order valence-corrected chi connectivity index (χ1v) is 5.74. The van der Waals surface area contributed by atoms with Gasteiger partial charge in [-0.25, -0.2) is 4.68 Å². The average molecular weight is 266 g/mol. The van der Waals surface area contributed by atoms with Gasteiger partial charge in [0.05, 0.1) is 16.9 Å². The molecule has 6 heteroatoms. The summed E-state index contributed by atoms with van der Waals surface area (Å²) in [6.07, 6.45) is 1.82. The number of carbonyl (C=O) groups is 1. The van der Waals surface area contributed by atoms with Crippen molar-refractivity contribution in [3.05, 3.63) is 46.7 Å². The molecule has 0 fully saturated rings. The Balaban J connectivity index is 2.46. The molecule has 1 amide bonds. The molecule has 0 spiro atoms. The van der Waals surface area contributed by atoms with Crippen molar-refractivity contribution >= 4 is 17.5 Å². The number of aliphatic hydroxyl groups excluding tert-OH is 1. The molecule has 1 heterocycles. The Hall–Kier alpha value is -1.85. The van der Waals surface area contributed by atoms with Gasteiger partial charge >= 0.3 is 0 Å². The number of benzene rings is 1. The van der Waals surface area contributed by atoms with Crippen molar-refractivity contribution < 1.29 is 9.90 Å². The summed E-state index contributed by atoms with van der Waals surface area (Å²) in [7, 11) is 0. The SMILES string of the molecule is NC(=O)c1cn(-c2cccc(Cl)c2)nc1CCO. The van der Waals surface area contributed by atoms with Crippen LogP contribution < -0.4 is 5.73 Å². The monoisotopic (exact) mass is 265 g/mol. The highest BCUT2D eigenvalue weighted by Crippen LogP contribution is 2.16. The van der Waals surface area contributed by atoms with Gasteiger partial charge in [0.25, 0.3) is 5.91 Å². The van der Waals surface area contributed by atoms with Gasteiger partial charge in [0.15, 0.2) is 0 Å². The molecule has 0 bridgehead atoms. The zero-order valence-electron chi connectivity index (χ0n) is 9.51. The van der Waals surface area contributed by atoms with Crippen LogP contribution in [-0.4, -0.2) is 27.4 Å². The van der Waals surface area contributed by atoms with Crippen LogP contribution in [0.1, 0.15) is 16.1 Å². The predicted molar refractivity (Wildman–Crippen MR) is 67.9 cm³/mol. The third-order valence-corrected chi connectivity index (χ3v) is 2.71. The molecule has 3 N–H and O–H groups in total. The normalized spacial score (nSPS) is 10.6. The van der Waals surface area contributed by atoms with E-state index in [1.807, 2.05) is 6.07 Å². The predicted octanol–water partition coefficient (Wildman–Crippen LogP) is 1.16. The summed E-state index contributed by atoms with van der Waals surface area (Å²) >= 11 is 5.89. The second-order valence-electron chi connectivity index (χ2n) is 3.75. The van der Waals surface area contributed by atoms with Crippen LogP contribution in [0, 0.1) is 0 Å². The number of hydrogen-bond donors (Lipinski definition) is 2. The highest BCUT2D eigenvalue weighted by atomic mass is 35.5. The number of amides is 1. The van der Waals surface area contributed by atoms with E-state index in [1.54, 1.807) is 24.4 Å². The third-order valence-electron chi connectivity index (χ3n) is 2.48. The summed E-state index contributed by atoms with van der Waals surface area (Å²) in [5, 5.41) is 13.7. The van der Waals surface area contributed by atoms with Crippen LogP contribution in [0.4, 0.5) is 0 Å². The average Bonchev–Trinajstić information content (AvgIpc) is 2.74. The molecule has 0 unspecified atom stereocenters. The molecule has 1 aromatic heterocycles. The molecule has 0 saturated heterocycles. The summed E-state index contributed by atoms with van der Waals surface area (Å²) in [5.74, 6) is -0.563. The molecule has 2 rings (SSSR count). The van der Waals surface area contributed by atoms with Gasteiger partial charge in [-0.2, -0.15) is 5.10 Å². The Labute approximate surface area is 109 Å². The number of hydrogen-bond acceptors (Lipinski definition) is 3. The highest BCUT2D eigenvalue weighted by molar-refractivity contribution is 6.30. The van der Waals surface area contributed by atoms with Crippen molar-refractivity contribution in [3.63, 3.8) is 0 Å². The maximum absolute atomic E-state index is 11.3. The molecule has 0 radical (unpaired) electrons. The molecule has 94 valence electrons. The maximum atomic E-state index is 11.3. The van der Waals surface area contributed by atoms with Gasteiger partial charge in [0, 0.05) is 24.2 Å². The molecular weight excluding hydrogens is 254 g/mol. The largest absolute Gasteiger partial charge is 0.396 e. The number of nitrogens with zero attached hydrogens (tertiary/aromatic N) is 2. The van der Waals surface area contributed by atoms with Gasteiger partial charge in [0.1, 0.15) is 0 Å². The molecule has 0 saturated carbocycles. The van der Waals surface area contributed by atoms with Crippen molar-refractivity contribution in [2.75, 3.05) is 6.61 Å². The molecule has 0 atom stereocenters. The lowest BCUT2D eigenvalue weighted by atomic mass is 10.2. The molecule has 0 aliphatic heterocycles. The van der Waals surface area contributed by atoms with Gasteiger partial charge in [-0.05, 0) is 18.2 Å². The van der Waals surface area contributed by atoms with E-state index in [9.17, 15) is 4.79 Å². The minimum Gasteiger partial charge on any atom is -0.396 e. The van der Waals surface area contributed by atoms with Crippen molar-refractivity contribution in [1.29, 1.82) is 0 Å². The third kappa shape index (κ3) is 2.52. The summed E-state index contributed by atoms with van der Waals surface area (Å²) < 4.78 is 1.52. The lowest BCUT2D eigenvalue weighted by Gasteiger charge is -2.00. The standard InChI is InChI=1S/C12H12ClN3O2/c13-8-2-1-3-9(6-8)16-7-10(12(14)18)11(15-16)4-5-17/h1-3,6-7,17H,4-5H2,(H2,14,18). The summed E-state index contributed by atoms with van der Waals surface area (Å²) in [4.78, 5) is 11.3. The number of carbonyl (C=O) groups excluding carboxylic acids is 1. The van der Waals surface area contributed by atoms with E-state index in [2.05, 4.69) is 5.10 Å². The van der Waals surface area contributed by atoms with Crippen LogP contribution in [-0.2, 0) is 6.42 Å². The number of halogens is 1. The molecule has 0 aliphatic carbocycles. The van der Waals surface area contributed by atoms with Gasteiger partial charge in [-0.3, -0.25) is 4.79 Å². The Kier molecular flexibility index (Phi) is 3.64. The number of aliphatic hydroxyl groups is 1. The highest BCUT2D eigenvalue weighted by Gasteiger charge is 2.14. The van der Waals surface area contributed by atoms with Crippen molar-refractivity contribution in [1.82, 2.24) is 9.78 Å². The van der Waals surface area contributed by atoms with E-state index in [0.717, 1.165) is 5.69 Å². The first-order valence-electron chi connectivity index (χ1n) is 5.37. The minimum absolute atomic E-state index is 0.0904. The lowest BCUT2D eigenvalue weighted by molar-refractivity contribution is 0.0999. The van der Waals surface area contributed by atoms with E-state index in [4.69, 9.17) is 22.4 Å². The van der Waals surface area contributed by atoms with E-state index in [1.165, 1.54) is 4.68 Å². The summed E-state index contributed by atoms with van der Waals surface area (Å²) in [5.41, 5.74) is 6.78. The zero-order chi connectivity index (χ0) is 13.1. The van der Waals surface area contributed by atoms with Crippen molar-refractivity contribution in [3.8, 4) is 5.69 Å². The van der Waals surface area contributed by atoms with Gasteiger partial charge in [-0.1, -0.05) is 17.7 Å². The lowest BCUT2D eigenvalue weighted by Crippen LogP contribution is -2.12. The summed E-state index contributed by atoms with van der Waals surface area (Å²) in [6.45, 7) is -0.0904. The summed E-state index contributed by atoms with van der Waals surface area (Å²) in [6, 6.07) is 7.07. The van der Waals surface area contributed by atoms with Crippen molar-refractivity contribution in [2.45, 2.75) is 6.42 Å². The second-order valence-corrected chi connectivity index (χ2v) is 4.19. The first-order chi connectivity index (χ1) is 8.61. The van der Waals surface area contributed by atoms with Gasteiger partial charge in [0.2, 0.25) is 0 Å². The Morgan fingerprint density at radius 3 is 2.89 bits per heavy atom. The molecule has 18 heavy (non-hydrogen) atoms. The molecule has 0 aliphatic rings. The number of aromatic nitrogens is 2. The van der Waals surface area contributed by atoms with Crippen LogP contribution in [0.25, 0.3) is 5.69 Å². The number of rotatable bonds is 4. The zero-order valence-corrected chi connectivity index (χ0v) is 10.3. The second kappa shape index (κ2) is 5.20. The topological polar surface area (TPSA) is 81.1 Å². The van der Waals surface area contributed by atoms with E-state index >= 15 is 0 Å². The van der Waals surface area contributed by atoms with Gasteiger partial charge in [-0.15, -0.1) is 0 Å². The van der Waals surface area contributed by atoms with Crippen LogP contribution >= 0.6 is 11.6 Å². The van der Waals surface area contributed by atoms with E-state index in [-0.39, 0.29) is 13.0 Å². The van der Waals surface area contributed by atoms with E-state index < -0.39 is 5.91 Å². The van der Waals surface area contributed by atoms with Crippen LogP contribution in [0.5, 0.6) is 0 Å². The van der Waals surface area contributed by atoms with Crippen LogP contribution in [0.15, 0.2) is 30.5 Å². The fourth-order valence-electron chi connectivity index (χ4n) is 1.66. The van der Waals surface area contributed by atoms with E-state index in [0.29, 0.717) is 16.3 Å². The molecule has 5 nitrogen and oxygen atoms in total. The quantitative estimate of drug-likeness (QED) is 0.870. The fourth-order valence-corrected chi connectivity index (χ4v) is 1.84. The Morgan fingerprint density at radius 2 is 2.28 bits per heavy atom. The Bertz CT molecular complexity index is 580. The molecular formula is C12H12ClN3O2. The fraction of sp³-hybridized carbons (Fsp3) is 0.167. The van der Waals surface area contributed by atoms with Crippen LogP contribution in [0.2, 0.25) is 5.02 Å². The molecule has 1 aromatic carbocycles. The molecule has 2 aromatic rings. The Morgan fingerprint density at radius 1 is 1.50 bits per heavy atom.